The lowest BCUT2D eigenvalue weighted by molar-refractivity contribution is 0.0931. The number of aromatic nitrogens is 1. The molecule has 112 valence electrons. The van der Waals surface area contributed by atoms with Crippen molar-refractivity contribution >= 4 is 34.3 Å². The third-order valence-electron chi connectivity index (χ3n) is 4.27. The van der Waals surface area contributed by atoms with E-state index >= 15 is 0 Å². The van der Waals surface area contributed by atoms with E-state index in [9.17, 15) is 4.79 Å². The highest BCUT2D eigenvalue weighted by atomic mass is 32.2. The van der Waals surface area contributed by atoms with E-state index in [2.05, 4.69) is 16.6 Å². The molecule has 0 radical (unpaired) electrons. The fourth-order valence-electron chi connectivity index (χ4n) is 3.12. The number of anilines is 1. The maximum absolute atomic E-state index is 12.6. The summed E-state index contributed by atoms with van der Waals surface area (Å²) < 4.78 is 0. The number of carbonyl (C=O) groups is 1. The second kappa shape index (κ2) is 6.02. The zero-order valence-electron chi connectivity index (χ0n) is 12.2. The Bertz CT molecular complexity index is 652. The van der Waals surface area contributed by atoms with Gasteiger partial charge >= 0.3 is 0 Å². The first kappa shape index (κ1) is 14.3. The Kier molecular flexibility index (Phi) is 4.10. The lowest BCUT2D eigenvalue weighted by Gasteiger charge is -2.30. The van der Waals surface area contributed by atoms with Crippen LogP contribution in [0.1, 0.15) is 36.0 Å². The first-order valence-electron chi connectivity index (χ1n) is 7.39. The van der Waals surface area contributed by atoms with Crippen LogP contribution in [0.25, 0.3) is 10.9 Å². The van der Waals surface area contributed by atoms with E-state index in [0.29, 0.717) is 16.5 Å². The number of nitrogens with one attached hydrogen (secondary N) is 2. The van der Waals surface area contributed by atoms with Crippen LogP contribution in [-0.2, 0) is 0 Å². The first-order chi connectivity index (χ1) is 10.2. The first-order valence-corrected chi connectivity index (χ1v) is 8.68. The second-order valence-electron chi connectivity index (χ2n) is 5.65. The Morgan fingerprint density at radius 3 is 3.00 bits per heavy atom. The summed E-state index contributed by atoms with van der Waals surface area (Å²) in [6, 6.07) is 5.87. The van der Waals surface area contributed by atoms with Crippen LogP contribution in [-0.4, -0.2) is 28.4 Å². The Hall–Kier alpha value is -1.62. The predicted octanol–water partition coefficient (Wildman–Crippen LogP) is 3.15. The number of thioether (sulfide) groups is 1. The number of fused-ring (bicyclic) bond motifs is 1. The molecule has 5 heteroatoms. The van der Waals surface area contributed by atoms with Gasteiger partial charge in [0.1, 0.15) is 0 Å². The number of benzene rings is 1. The minimum atomic E-state index is -0.00204. The van der Waals surface area contributed by atoms with Gasteiger partial charge in [0.05, 0.1) is 5.56 Å². The highest BCUT2D eigenvalue weighted by molar-refractivity contribution is 7.99. The van der Waals surface area contributed by atoms with Crippen LogP contribution in [0.5, 0.6) is 0 Å². The molecule has 4 N–H and O–H groups in total. The molecule has 2 atom stereocenters. The van der Waals surface area contributed by atoms with Gasteiger partial charge in [0.15, 0.2) is 0 Å². The Morgan fingerprint density at radius 1 is 1.38 bits per heavy atom. The number of carbonyl (C=O) groups excluding carboxylic acids is 1. The molecule has 4 nitrogen and oxygen atoms in total. The summed E-state index contributed by atoms with van der Waals surface area (Å²) in [6.07, 6.45) is 8.62. The zero-order chi connectivity index (χ0) is 14.8. The van der Waals surface area contributed by atoms with E-state index in [1.807, 2.05) is 30.0 Å². The number of rotatable bonds is 3. The van der Waals surface area contributed by atoms with E-state index in [4.69, 9.17) is 5.73 Å². The fraction of sp³-hybridized carbons (Fsp3) is 0.438. The van der Waals surface area contributed by atoms with E-state index < -0.39 is 0 Å². The van der Waals surface area contributed by atoms with Gasteiger partial charge in [0.2, 0.25) is 0 Å². The molecule has 0 saturated heterocycles. The van der Waals surface area contributed by atoms with Crippen molar-refractivity contribution in [3.8, 4) is 0 Å². The Balaban J connectivity index is 1.82. The van der Waals surface area contributed by atoms with Crippen molar-refractivity contribution < 1.29 is 4.79 Å². The molecule has 1 fully saturated rings. The second-order valence-corrected chi connectivity index (χ2v) is 6.72. The molecule has 1 aromatic heterocycles. The lowest BCUT2D eigenvalue weighted by Crippen LogP contribution is -2.43. The smallest absolute Gasteiger partial charge is 0.253 e. The largest absolute Gasteiger partial charge is 0.399 e. The molecule has 2 aromatic rings. The highest BCUT2D eigenvalue weighted by Crippen LogP contribution is 2.28. The summed E-state index contributed by atoms with van der Waals surface area (Å²) >= 11 is 1.86. The number of H-pyrrole nitrogens is 1. The molecule has 1 amide bonds. The van der Waals surface area contributed by atoms with Crippen LogP contribution >= 0.6 is 11.8 Å². The van der Waals surface area contributed by atoms with Crippen molar-refractivity contribution in [2.75, 3.05) is 12.0 Å². The Morgan fingerprint density at radius 2 is 2.19 bits per heavy atom. The molecular formula is C16H21N3OS. The minimum absolute atomic E-state index is 0.00204. The van der Waals surface area contributed by atoms with Gasteiger partial charge in [-0.05, 0) is 37.3 Å². The molecular weight excluding hydrogens is 282 g/mol. The van der Waals surface area contributed by atoms with Crippen LogP contribution in [0, 0.1) is 0 Å². The van der Waals surface area contributed by atoms with Crippen LogP contribution in [0.15, 0.2) is 24.4 Å². The van der Waals surface area contributed by atoms with Gasteiger partial charge in [-0.1, -0.05) is 12.8 Å². The van der Waals surface area contributed by atoms with Crippen molar-refractivity contribution in [2.24, 2.45) is 0 Å². The lowest BCUT2D eigenvalue weighted by atomic mass is 9.94. The molecule has 1 aliphatic carbocycles. The molecule has 2 unspecified atom stereocenters. The van der Waals surface area contributed by atoms with Gasteiger partial charge < -0.3 is 16.0 Å². The average Bonchev–Trinajstić information content (AvgIpc) is 2.90. The van der Waals surface area contributed by atoms with Crippen molar-refractivity contribution in [3.05, 3.63) is 30.0 Å². The monoisotopic (exact) mass is 303 g/mol. The molecule has 0 spiro atoms. The third kappa shape index (κ3) is 2.88. The standard InChI is InChI=1S/C16H21N3OS/c1-21-15-5-3-2-4-14(15)19-16(20)12-9-18-13-7-6-10(17)8-11(12)13/h6-9,14-15,18H,2-5,17H2,1H3,(H,19,20). The SMILES string of the molecule is CSC1CCCCC1NC(=O)c1c[nH]c2ccc(N)cc12. The van der Waals surface area contributed by atoms with Crippen LogP contribution in [0.2, 0.25) is 0 Å². The average molecular weight is 303 g/mol. The van der Waals surface area contributed by atoms with Gasteiger partial charge in [0.25, 0.3) is 5.91 Å². The molecule has 3 rings (SSSR count). The van der Waals surface area contributed by atoms with E-state index in [0.717, 1.165) is 17.3 Å². The van der Waals surface area contributed by atoms with E-state index in [1.54, 1.807) is 6.20 Å². The van der Waals surface area contributed by atoms with Crippen molar-refractivity contribution in [1.82, 2.24) is 10.3 Å². The van der Waals surface area contributed by atoms with E-state index in [-0.39, 0.29) is 11.9 Å². The number of aromatic amines is 1. The van der Waals surface area contributed by atoms with Crippen molar-refractivity contribution in [3.63, 3.8) is 0 Å². The summed E-state index contributed by atoms with van der Waals surface area (Å²) in [5.41, 5.74) is 8.13. The molecule has 0 aliphatic heterocycles. The summed E-state index contributed by atoms with van der Waals surface area (Å²) in [7, 11) is 0. The van der Waals surface area contributed by atoms with Gasteiger partial charge in [-0.15, -0.1) is 0 Å². The summed E-state index contributed by atoms with van der Waals surface area (Å²) in [6.45, 7) is 0. The summed E-state index contributed by atoms with van der Waals surface area (Å²) in [4.78, 5) is 15.7. The number of nitrogens with two attached hydrogens (primary N) is 1. The molecule has 1 saturated carbocycles. The molecule has 21 heavy (non-hydrogen) atoms. The van der Waals surface area contributed by atoms with Gasteiger partial charge in [-0.2, -0.15) is 11.8 Å². The number of nitrogen functional groups attached to an aromatic ring is 1. The van der Waals surface area contributed by atoms with Gasteiger partial charge in [-0.3, -0.25) is 4.79 Å². The molecule has 1 heterocycles. The zero-order valence-corrected chi connectivity index (χ0v) is 13.0. The topological polar surface area (TPSA) is 70.9 Å². The van der Waals surface area contributed by atoms with Crippen LogP contribution in [0.3, 0.4) is 0 Å². The van der Waals surface area contributed by atoms with Crippen molar-refractivity contribution in [1.29, 1.82) is 0 Å². The maximum Gasteiger partial charge on any atom is 0.253 e. The van der Waals surface area contributed by atoms with Gasteiger partial charge in [-0.25, -0.2) is 0 Å². The third-order valence-corrected chi connectivity index (χ3v) is 5.44. The normalized spacial score (nSPS) is 22.3. The van der Waals surface area contributed by atoms with E-state index in [1.165, 1.54) is 19.3 Å². The fourth-order valence-corrected chi connectivity index (χ4v) is 4.05. The Labute approximate surface area is 128 Å². The highest BCUT2D eigenvalue weighted by Gasteiger charge is 2.26. The summed E-state index contributed by atoms with van der Waals surface area (Å²) in [5, 5.41) is 4.63. The number of hydrogen-bond donors (Lipinski definition) is 3. The van der Waals surface area contributed by atoms with Gasteiger partial charge in [0, 0.05) is 34.1 Å². The quantitative estimate of drug-likeness (QED) is 0.763. The maximum atomic E-state index is 12.6. The minimum Gasteiger partial charge on any atom is -0.399 e. The number of amides is 1. The molecule has 0 bridgehead atoms. The van der Waals surface area contributed by atoms with Crippen molar-refractivity contribution in [2.45, 2.75) is 37.0 Å². The summed E-state index contributed by atoms with van der Waals surface area (Å²) in [5.74, 6) is -0.00204. The van der Waals surface area contributed by atoms with Crippen LogP contribution < -0.4 is 11.1 Å². The number of hydrogen-bond acceptors (Lipinski definition) is 3. The van der Waals surface area contributed by atoms with Crippen LogP contribution in [0.4, 0.5) is 5.69 Å². The molecule has 1 aliphatic rings. The predicted molar refractivity (Wildman–Crippen MR) is 89.7 cm³/mol. The molecule has 1 aromatic carbocycles.